The molecule has 0 saturated carbocycles. The van der Waals surface area contributed by atoms with Gasteiger partial charge in [0.1, 0.15) is 5.82 Å². The maximum Gasteiger partial charge on any atom is 0.337 e. The van der Waals surface area contributed by atoms with Crippen molar-refractivity contribution >= 4 is 35.0 Å². The average molecular weight is 423 g/mol. The molecule has 1 N–H and O–H groups in total. The molecule has 0 saturated heterocycles. The molecule has 0 radical (unpaired) electrons. The van der Waals surface area contributed by atoms with Crippen molar-refractivity contribution in [1.82, 2.24) is 9.97 Å². The number of esters is 1. The Hall–Kier alpha value is -3.12. The van der Waals surface area contributed by atoms with Crippen molar-refractivity contribution < 1.29 is 9.53 Å². The van der Waals surface area contributed by atoms with E-state index in [1.807, 2.05) is 48.5 Å². The maximum absolute atomic E-state index is 11.8. The number of fused-ring (bicyclic) bond motifs is 1. The lowest BCUT2D eigenvalue weighted by molar-refractivity contribution is 0.0600. The van der Waals surface area contributed by atoms with Crippen molar-refractivity contribution in [2.45, 2.75) is 26.3 Å². The monoisotopic (exact) mass is 422 g/mol. The highest BCUT2D eigenvalue weighted by Gasteiger charge is 2.20. The molecule has 2 aromatic carbocycles. The quantitative estimate of drug-likeness (QED) is 0.596. The van der Waals surface area contributed by atoms with E-state index < -0.39 is 0 Å². The van der Waals surface area contributed by atoms with Crippen LogP contribution in [0.2, 0.25) is 5.02 Å². The van der Waals surface area contributed by atoms with E-state index in [-0.39, 0.29) is 5.97 Å². The number of anilines is 3. The number of aryl methyl sites for hydroxylation is 1. The summed E-state index contributed by atoms with van der Waals surface area (Å²) in [4.78, 5) is 23.4. The predicted molar refractivity (Wildman–Crippen MR) is 119 cm³/mol. The van der Waals surface area contributed by atoms with Gasteiger partial charge in [-0.2, -0.15) is 4.98 Å². The molecule has 1 aliphatic heterocycles. The molecular formula is C23H23ClN4O2. The van der Waals surface area contributed by atoms with E-state index in [2.05, 4.69) is 22.1 Å². The highest BCUT2D eigenvalue weighted by Crippen LogP contribution is 2.27. The standard InChI is InChI=1S/C23H23ClN4O2/c1-3-19-13-21(27-23(25-19)26-20-6-4-5-18(24)12-20)28-10-9-15-11-16(22(29)30-2)7-8-17(15)14-28/h4-8,11-13H,3,9-10,14H2,1-2H3,(H,25,26,27). The summed E-state index contributed by atoms with van der Waals surface area (Å²) < 4.78 is 4.83. The highest BCUT2D eigenvalue weighted by molar-refractivity contribution is 6.30. The number of benzene rings is 2. The van der Waals surface area contributed by atoms with Gasteiger partial charge in [-0.25, -0.2) is 9.78 Å². The number of hydrogen-bond donors (Lipinski definition) is 1. The lowest BCUT2D eigenvalue weighted by Crippen LogP contribution is -2.31. The van der Waals surface area contributed by atoms with Gasteiger partial charge in [-0.15, -0.1) is 0 Å². The van der Waals surface area contributed by atoms with Crippen LogP contribution in [0.3, 0.4) is 0 Å². The van der Waals surface area contributed by atoms with Crippen molar-refractivity contribution in [2.24, 2.45) is 0 Å². The van der Waals surface area contributed by atoms with Crippen LogP contribution in [0.1, 0.15) is 34.1 Å². The van der Waals surface area contributed by atoms with E-state index >= 15 is 0 Å². The summed E-state index contributed by atoms with van der Waals surface area (Å²) in [6.45, 7) is 3.62. The van der Waals surface area contributed by atoms with Gasteiger partial charge in [0.05, 0.1) is 12.7 Å². The van der Waals surface area contributed by atoms with Gasteiger partial charge >= 0.3 is 5.97 Å². The van der Waals surface area contributed by atoms with E-state index in [4.69, 9.17) is 21.3 Å². The molecule has 6 nitrogen and oxygen atoms in total. The van der Waals surface area contributed by atoms with Gasteiger partial charge in [-0.05, 0) is 54.3 Å². The molecule has 1 aromatic heterocycles. The Kier molecular flexibility index (Phi) is 5.86. The third-order valence-corrected chi connectivity index (χ3v) is 5.41. The van der Waals surface area contributed by atoms with E-state index in [9.17, 15) is 4.79 Å². The third-order valence-electron chi connectivity index (χ3n) is 5.17. The molecule has 0 spiro atoms. The number of hydrogen-bond acceptors (Lipinski definition) is 6. The largest absolute Gasteiger partial charge is 0.465 e. The minimum Gasteiger partial charge on any atom is -0.465 e. The molecule has 0 aliphatic carbocycles. The zero-order valence-electron chi connectivity index (χ0n) is 17.0. The Labute approximate surface area is 180 Å². The SMILES string of the molecule is CCc1cc(N2CCc3cc(C(=O)OC)ccc3C2)nc(Nc2cccc(Cl)c2)n1. The van der Waals surface area contributed by atoms with E-state index in [0.29, 0.717) is 16.5 Å². The average Bonchev–Trinajstić information content (AvgIpc) is 2.77. The number of nitrogens with zero attached hydrogens (tertiary/aromatic N) is 3. The van der Waals surface area contributed by atoms with Crippen molar-refractivity contribution in [3.63, 3.8) is 0 Å². The summed E-state index contributed by atoms with van der Waals surface area (Å²) in [7, 11) is 1.40. The second kappa shape index (κ2) is 8.71. The third kappa shape index (κ3) is 4.39. The summed E-state index contributed by atoms with van der Waals surface area (Å²) in [5.74, 6) is 1.13. The smallest absolute Gasteiger partial charge is 0.337 e. The first-order chi connectivity index (χ1) is 14.6. The van der Waals surface area contributed by atoms with E-state index in [1.54, 1.807) is 0 Å². The Morgan fingerprint density at radius 2 is 2.03 bits per heavy atom. The highest BCUT2D eigenvalue weighted by atomic mass is 35.5. The lowest BCUT2D eigenvalue weighted by Gasteiger charge is -2.30. The first kappa shape index (κ1) is 20.2. The number of carbonyl (C=O) groups is 1. The van der Waals surface area contributed by atoms with Crippen LogP contribution >= 0.6 is 11.6 Å². The zero-order chi connectivity index (χ0) is 21.1. The van der Waals surface area contributed by atoms with Crippen LogP contribution in [-0.2, 0) is 24.1 Å². The minimum atomic E-state index is -0.305. The predicted octanol–water partition coefficient (Wildman–Crippen LogP) is 4.79. The Morgan fingerprint density at radius 3 is 2.80 bits per heavy atom. The zero-order valence-corrected chi connectivity index (χ0v) is 17.7. The van der Waals surface area contributed by atoms with Gasteiger partial charge in [0.15, 0.2) is 0 Å². The second-order valence-electron chi connectivity index (χ2n) is 7.18. The topological polar surface area (TPSA) is 67.4 Å². The van der Waals surface area contributed by atoms with Crippen molar-refractivity contribution in [3.8, 4) is 0 Å². The fourth-order valence-electron chi connectivity index (χ4n) is 3.57. The molecule has 3 aromatic rings. The van der Waals surface area contributed by atoms with Gasteiger partial charge in [0.2, 0.25) is 5.95 Å². The minimum absolute atomic E-state index is 0.305. The van der Waals surface area contributed by atoms with E-state index in [0.717, 1.165) is 43.1 Å². The normalized spacial score (nSPS) is 13.0. The van der Waals surface area contributed by atoms with Crippen molar-refractivity contribution in [3.05, 3.63) is 75.9 Å². The lowest BCUT2D eigenvalue weighted by atomic mass is 9.97. The van der Waals surface area contributed by atoms with Crippen LogP contribution in [0.15, 0.2) is 48.5 Å². The van der Waals surface area contributed by atoms with Gasteiger partial charge in [0.25, 0.3) is 0 Å². The molecule has 0 unspecified atom stereocenters. The molecule has 2 heterocycles. The molecular weight excluding hydrogens is 400 g/mol. The summed E-state index contributed by atoms with van der Waals surface area (Å²) in [5.41, 5.74) is 4.77. The summed E-state index contributed by atoms with van der Waals surface area (Å²) in [6, 6.07) is 15.3. The number of ether oxygens (including phenoxy) is 1. The summed E-state index contributed by atoms with van der Waals surface area (Å²) >= 11 is 6.09. The van der Waals surface area contributed by atoms with Crippen molar-refractivity contribution in [2.75, 3.05) is 23.9 Å². The van der Waals surface area contributed by atoms with Crippen LogP contribution in [0.25, 0.3) is 0 Å². The molecule has 1 aliphatic rings. The molecule has 0 fully saturated rings. The van der Waals surface area contributed by atoms with Crippen LogP contribution in [0, 0.1) is 0 Å². The van der Waals surface area contributed by atoms with E-state index in [1.165, 1.54) is 18.2 Å². The van der Waals surface area contributed by atoms with Gasteiger partial charge < -0.3 is 15.0 Å². The Balaban J connectivity index is 1.59. The molecule has 0 bridgehead atoms. The maximum atomic E-state index is 11.8. The number of nitrogens with one attached hydrogen (secondary N) is 1. The van der Waals surface area contributed by atoms with Crippen LogP contribution < -0.4 is 10.2 Å². The van der Waals surface area contributed by atoms with Crippen LogP contribution in [0.4, 0.5) is 17.5 Å². The first-order valence-corrected chi connectivity index (χ1v) is 10.3. The molecule has 7 heteroatoms. The molecule has 4 rings (SSSR count). The van der Waals surface area contributed by atoms with Crippen LogP contribution in [0.5, 0.6) is 0 Å². The first-order valence-electron chi connectivity index (χ1n) is 9.91. The van der Waals surface area contributed by atoms with Gasteiger partial charge in [-0.3, -0.25) is 0 Å². The van der Waals surface area contributed by atoms with Gasteiger partial charge in [-0.1, -0.05) is 30.7 Å². The molecule has 0 atom stereocenters. The summed E-state index contributed by atoms with van der Waals surface area (Å²) in [5, 5.41) is 3.92. The number of methoxy groups -OCH3 is 1. The number of aromatic nitrogens is 2. The van der Waals surface area contributed by atoms with Crippen molar-refractivity contribution in [1.29, 1.82) is 0 Å². The Bertz CT molecular complexity index is 1090. The van der Waals surface area contributed by atoms with Gasteiger partial charge in [0, 0.05) is 35.6 Å². The fraction of sp³-hybridized carbons (Fsp3) is 0.261. The fourth-order valence-corrected chi connectivity index (χ4v) is 3.76. The number of carbonyl (C=O) groups excluding carboxylic acids is 1. The molecule has 154 valence electrons. The summed E-state index contributed by atoms with van der Waals surface area (Å²) in [6.07, 6.45) is 1.65. The van der Waals surface area contributed by atoms with Crippen LogP contribution in [-0.4, -0.2) is 29.6 Å². The molecule has 30 heavy (non-hydrogen) atoms. The molecule has 0 amide bonds. The number of rotatable bonds is 5. The second-order valence-corrected chi connectivity index (χ2v) is 7.61. The Morgan fingerprint density at radius 1 is 1.17 bits per heavy atom. The number of halogens is 1.